The van der Waals surface area contributed by atoms with E-state index in [1.807, 2.05) is 36.4 Å². The van der Waals surface area contributed by atoms with E-state index in [1.165, 1.54) is 14.0 Å². The van der Waals surface area contributed by atoms with Crippen LogP contribution in [0.2, 0.25) is 0 Å². The van der Waals surface area contributed by atoms with Crippen LogP contribution in [0, 0.1) is 0 Å². The first-order valence-corrected chi connectivity index (χ1v) is 9.49. The van der Waals surface area contributed by atoms with Crippen LogP contribution in [0.1, 0.15) is 22.8 Å². The van der Waals surface area contributed by atoms with Gasteiger partial charge in [0.1, 0.15) is 18.1 Å². The van der Waals surface area contributed by atoms with Crippen LogP contribution in [0.4, 0.5) is 5.69 Å². The van der Waals surface area contributed by atoms with E-state index in [-0.39, 0.29) is 6.61 Å². The minimum absolute atomic E-state index is 0.205. The summed E-state index contributed by atoms with van der Waals surface area (Å²) >= 11 is 0. The van der Waals surface area contributed by atoms with Crippen LogP contribution in [0.3, 0.4) is 0 Å². The zero-order chi connectivity index (χ0) is 21.3. The Bertz CT molecular complexity index is 1000. The molecule has 1 amide bonds. The Labute approximate surface area is 175 Å². The van der Waals surface area contributed by atoms with E-state index in [1.54, 1.807) is 42.5 Å². The first-order chi connectivity index (χ1) is 14.6. The summed E-state index contributed by atoms with van der Waals surface area (Å²) < 4.78 is 16.3. The fourth-order valence-corrected chi connectivity index (χ4v) is 2.78. The van der Waals surface area contributed by atoms with Gasteiger partial charge in [0, 0.05) is 5.56 Å². The summed E-state index contributed by atoms with van der Waals surface area (Å²) in [5, 5.41) is 2.71. The predicted octanol–water partition coefficient (Wildman–Crippen LogP) is 4.46. The number of carbonyl (C=O) groups is 2. The number of carbonyl (C=O) groups excluding carboxylic acids is 2. The topological polar surface area (TPSA) is 73.9 Å². The number of hydrogen-bond acceptors (Lipinski definition) is 5. The third-order valence-electron chi connectivity index (χ3n) is 4.39. The van der Waals surface area contributed by atoms with E-state index >= 15 is 0 Å². The van der Waals surface area contributed by atoms with Gasteiger partial charge in [-0.15, -0.1) is 0 Å². The molecule has 0 saturated carbocycles. The Balaban J connectivity index is 1.64. The average Bonchev–Trinajstić information content (AvgIpc) is 2.78. The zero-order valence-corrected chi connectivity index (χ0v) is 16.8. The lowest BCUT2D eigenvalue weighted by molar-refractivity contribution is -0.123. The standard InChI is InChI=1S/C24H23NO5/c1-17(23(26)25-21-14-8-9-15-22(21)28-2)30-24(27)20-13-7-6-10-18(20)16-29-19-11-4-3-5-12-19/h3-15,17H,16H2,1-2H3,(H,25,26)/t17-/m1/s1. The van der Waals surface area contributed by atoms with E-state index in [4.69, 9.17) is 14.2 Å². The minimum Gasteiger partial charge on any atom is -0.495 e. The smallest absolute Gasteiger partial charge is 0.339 e. The van der Waals surface area contributed by atoms with Crippen molar-refractivity contribution in [3.8, 4) is 11.5 Å². The lowest BCUT2D eigenvalue weighted by Gasteiger charge is -2.16. The molecule has 0 fully saturated rings. The van der Waals surface area contributed by atoms with E-state index in [9.17, 15) is 9.59 Å². The molecular formula is C24H23NO5. The molecule has 0 aliphatic carbocycles. The molecule has 0 aromatic heterocycles. The molecule has 3 aromatic rings. The van der Waals surface area contributed by atoms with Gasteiger partial charge in [-0.25, -0.2) is 4.79 Å². The van der Waals surface area contributed by atoms with Gasteiger partial charge >= 0.3 is 5.97 Å². The molecular weight excluding hydrogens is 382 g/mol. The van der Waals surface area contributed by atoms with Crippen LogP contribution < -0.4 is 14.8 Å². The summed E-state index contributed by atoms with van der Waals surface area (Å²) in [7, 11) is 1.52. The number of para-hydroxylation sites is 3. The second kappa shape index (κ2) is 10.1. The molecule has 3 rings (SSSR count). The van der Waals surface area contributed by atoms with E-state index in [0.29, 0.717) is 28.3 Å². The van der Waals surface area contributed by atoms with Crippen LogP contribution in [0.15, 0.2) is 78.9 Å². The molecule has 0 heterocycles. The summed E-state index contributed by atoms with van der Waals surface area (Å²) in [4.78, 5) is 25.2. The molecule has 154 valence electrons. The minimum atomic E-state index is -0.995. The van der Waals surface area contributed by atoms with Gasteiger partial charge in [0.15, 0.2) is 6.10 Å². The van der Waals surface area contributed by atoms with Crippen LogP contribution in [0.5, 0.6) is 11.5 Å². The van der Waals surface area contributed by atoms with Crippen molar-refractivity contribution in [1.29, 1.82) is 0 Å². The Hall–Kier alpha value is -3.80. The first-order valence-electron chi connectivity index (χ1n) is 9.49. The number of esters is 1. The molecule has 6 heteroatoms. The maximum absolute atomic E-state index is 12.7. The predicted molar refractivity (Wildman–Crippen MR) is 114 cm³/mol. The van der Waals surface area contributed by atoms with Crippen LogP contribution in [-0.4, -0.2) is 25.1 Å². The number of methoxy groups -OCH3 is 1. The molecule has 0 aliphatic rings. The number of rotatable bonds is 8. The second-order valence-corrected chi connectivity index (χ2v) is 6.50. The summed E-state index contributed by atoms with van der Waals surface area (Å²) in [5.74, 6) is 0.175. The van der Waals surface area contributed by atoms with Gasteiger partial charge in [0.2, 0.25) is 0 Å². The zero-order valence-electron chi connectivity index (χ0n) is 16.8. The SMILES string of the molecule is COc1ccccc1NC(=O)[C@@H](C)OC(=O)c1ccccc1COc1ccccc1. The van der Waals surface area contributed by atoms with Crippen LogP contribution in [-0.2, 0) is 16.1 Å². The van der Waals surface area contributed by atoms with Gasteiger partial charge in [-0.1, -0.05) is 48.5 Å². The molecule has 0 aliphatic heterocycles. The van der Waals surface area contributed by atoms with Crippen LogP contribution >= 0.6 is 0 Å². The van der Waals surface area contributed by atoms with Gasteiger partial charge in [0.05, 0.1) is 18.4 Å². The number of nitrogens with one attached hydrogen (secondary N) is 1. The Morgan fingerprint density at radius 3 is 2.33 bits per heavy atom. The van der Waals surface area contributed by atoms with Crippen molar-refractivity contribution >= 4 is 17.6 Å². The third kappa shape index (κ3) is 5.38. The Morgan fingerprint density at radius 1 is 0.900 bits per heavy atom. The highest BCUT2D eigenvalue weighted by Crippen LogP contribution is 2.23. The normalized spacial score (nSPS) is 11.3. The lowest BCUT2D eigenvalue weighted by atomic mass is 10.1. The van der Waals surface area contributed by atoms with Gasteiger partial charge in [-0.05, 0) is 37.3 Å². The maximum atomic E-state index is 12.7. The number of ether oxygens (including phenoxy) is 3. The fraction of sp³-hybridized carbons (Fsp3) is 0.167. The molecule has 1 atom stereocenters. The number of hydrogen-bond donors (Lipinski definition) is 1. The first kappa shape index (κ1) is 20.9. The quantitative estimate of drug-likeness (QED) is 0.560. The average molecular weight is 405 g/mol. The Kier molecular flexibility index (Phi) is 7.05. The van der Waals surface area contributed by atoms with Crippen molar-refractivity contribution in [2.75, 3.05) is 12.4 Å². The molecule has 0 saturated heterocycles. The third-order valence-corrected chi connectivity index (χ3v) is 4.39. The summed E-state index contributed by atoms with van der Waals surface area (Å²) in [6, 6.07) is 23.3. The highest BCUT2D eigenvalue weighted by molar-refractivity contribution is 5.98. The molecule has 1 N–H and O–H groups in total. The number of anilines is 1. The van der Waals surface area contributed by atoms with Crippen molar-refractivity contribution in [3.05, 3.63) is 90.0 Å². The van der Waals surface area contributed by atoms with Crippen molar-refractivity contribution < 1.29 is 23.8 Å². The van der Waals surface area contributed by atoms with Gasteiger partial charge in [-0.2, -0.15) is 0 Å². The maximum Gasteiger partial charge on any atom is 0.339 e. The molecule has 0 radical (unpaired) electrons. The molecule has 0 spiro atoms. The van der Waals surface area contributed by atoms with Crippen molar-refractivity contribution in [3.63, 3.8) is 0 Å². The highest BCUT2D eigenvalue weighted by atomic mass is 16.5. The second-order valence-electron chi connectivity index (χ2n) is 6.50. The number of benzene rings is 3. The summed E-state index contributed by atoms with van der Waals surface area (Å²) in [6.45, 7) is 1.73. The van der Waals surface area contributed by atoms with Gasteiger partial charge in [-0.3, -0.25) is 4.79 Å². The monoisotopic (exact) mass is 405 g/mol. The van der Waals surface area contributed by atoms with E-state index in [0.717, 1.165) is 0 Å². The molecule has 0 bridgehead atoms. The van der Waals surface area contributed by atoms with Gasteiger partial charge < -0.3 is 19.5 Å². The molecule has 3 aromatic carbocycles. The van der Waals surface area contributed by atoms with Crippen molar-refractivity contribution in [2.24, 2.45) is 0 Å². The molecule has 0 unspecified atom stereocenters. The summed E-state index contributed by atoms with van der Waals surface area (Å²) in [6.07, 6.45) is -0.995. The Morgan fingerprint density at radius 2 is 1.57 bits per heavy atom. The summed E-state index contributed by atoms with van der Waals surface area (Å²) in [5.41, 5.74) is 1.53. The van der Waals surface area contributed by atoms with Crippen molar-refractivity contribution in [2.45, 2.75) is 19.6 Å². The highest BCUT2D eigenvalue weighted by Gasteiger charge is 2.21. The lowest BCUT2D eigenvalue weighted by Crippen LogP contribution is -2.30. The number of amides is 1. The van der Waals surface area contributed by atoms with E-state index in [2.05, 4.69) is 5.32 Å². The van der Waals surface area contributed by atoms with Crippen LogP contribution in [0.25, 0.3) is 0 Å². The van der Waals surface area contributed by atoms with Crippen molar-refractivity contribution in [1.82, 2.24) is 0 Å². The molecule has 6 nitrogen and oxygen atoms in total. The fourth-order valence-electron chi connectivity index (χ4n) is 2.78. The van der Waals surface area contributed by atoms with E-state index < -0.39 is 18.0 Å². The largest absolute Gasteiger partial charge is 0.495 e. The van der Waals surface area contributed by atoms with Gasteiger partial charge in [0.25, 0.3) is 5.91 Å². The molecule has 30 heavy (non-hydrogen) atoms.